The molecule has 0 radical (unpaired) electrons. The molecule has 0 N–H and O–H groups in total. The van der Waals surface area contributed by atoms with Crippen LogP contribution < -0.4 is 0 Å². The first kappa shape index (κ1) is 19.5. The van der Waals surface area contributed by atoms with E-state index >= 15 is 0 Å². The van der Waals surface area contributed by atoms with Crippen LogP contribution in [0.5, 0.6) is 0 Å². The maximum absolute atomic E-state index is 10.4. The van der Waals surface area contributed by atoms with Crippen LogP contribution in [0.1, 0.15) is 64.4 Å². The van der Waals surface area contributed by atoms with E-state index in [0.717, 1.165) is 18.3 Å². The average molecular weight is 210 g/mol. The number of hydrogen-bond donors (Lipinski definition) is 0. The summed E-state index contributed by atoms with van der Waals surface area (Å²) in [4.78, 5) is 10.4. The van der Waals surface area contributed by atoms with Gasteiger partial charge in [0.1, 0.15) is 6.29 Å². The molecule has 0 aliphatic rings. The van der Waals surface area contributed by atoms with Crippen molar-refractivity contribution >= 4 is 6.29 Å². The topological polar surface area (TPSA) is 17.1 Å². The zero-order chi connectivity index (χ0) is 8.97. The van der Waals surface area contributed by atoms with Crippen LogP contribution in [0.4, 0.5) is 0 Å². The van der Waals surface area contributed by atoms with Gasteiger partial charge in [-0.25, -0.2) is 0 Å². The second-order valence-corrected chi connectivity index (χ2v) is 3.09. The standard InChI is InChI=1S/C11H14O.3CH4/c1-3-9(2)11-6-4-10(8-12)5-7-11;;;/h4-9H,3H2,1-2H3;3*1H4. The van der Waals surface area contributed by atoms with Gasteiger partial charge in [0.05, 0.1) is 0 Å². The third-order valence-corrected chi connectivity index (χ3v) is 2.25. The van der Waals surface area contributed by atoms with Gasteiger partial charge in [0.25, 0.3) is 0 Å². The van der Waals surface area contributed by atoms with Gasteiger partial charge in [0, 0.05) is 5.56 Å². The maximum atomic E-state index is 10.4. The second kappa shape index (κ2) is 9.45. The minimum Gasteiger partial charge on any atom is -0.298 e. The molecule has 0 aliphatic carbocycles. The van der Waals surface area contributed by atoms with E-state index in [9.17, 15) is 4.79 Å². The van der Waals surface area contributed by atoms with Crippen molar-refractivity contribution in [1.29, 1.82) is 0 Å². The molecule has 0 bridgehead atoms. The number of carbonyl (C=O) groups excluding carboxylic acids is 1. The van der Waals surface area contributed by atoms with Crippen molar-refractivity contribution in [3.05, 3.63) is 35.4 Å². The highest BCUT2D eigenvalue weighted by atomic mass is 16.1. The SMILES string of the molecule is C.C.C.CCC(C)c1ccc(C=O)cc1. The number of rotatable bonds is 3. The molecule has 0 saturated carbocycles. The largest absolute Gasteiger partial charge is 0.298 e. The first-order chi connectivity index (χ1) is 5.77. The zero-order valence-corrected chi connectivity index (χ0v) is 7.58. The van der Waals surface area contributed by atoms with Crippen molar-refractivity contribution in [3.63, 3.8) is 0 Å². The normalized spacial score (nSPS) is 10.0. The Bertz CT molecular complexity index is 249. The van der Waals surface area contributed by atoms with Crippen molar-refractivity contribution < 1.29 is 4.79 Å². The highest BCUT2D eigenvalue weighted by Gasteiger charge is 2.01. The lowest BCUT2D eigenvalue weighted by molar-refractivity contribution is 0.112. The van der Waals surface area contributed by atoms with E-state index in [1.807, 2.05) is 24.3 Å². The quantitative estimate of drug-likeness (QED) is 0.647. The summed E-state index contributed by atoms with van der Waals surface area (Å²) >= 11 is 0. The van der Waals surface area contributed by atoms with Crippen LogP contribution in [-0.2, 0) is 0 Å². The molecule has 88 valence electrons. The van der Waals surface area contributed by atoms with Crippen LogP contribution in [0.3, 0.4) is 0 Å². The number of aldehydes is 1. The lowest BCUT2D eigenvalue weighted by atomic mass is 9.98. The minimum absolute atomic E-state index is 0. The lowest BCUT2D eigenvalue weighted by Crippen LogP contribution is -1.91. The molecule has 1 unspecified atom stereocenters. The molecule has 1 aromatic rings. The molecule has 0 amide bonds. The smallest absolute Gasteiger partial charge is 0.150 e. The van der Waals surface area contributed by atoms with Gasteiger partial charge in [-0.15, -0.1) is 0 Å². The third kappa shape index (κ3) is 5.36. The molecule has 0 saturated heterocycles. The highest BCUT2D eigenvalue weighted by Crippen LogP contribution is 2.18. The van der Waals surface area contributed by atoms with Crippen molar-refractivity contribution in [1.82, 2.24) is 0 Å². The Morgan fingerprint density at radius 1 is 1.13 bits per heavy atom. The van der Waals surface area contributed by atoms with E-state index in [1.165, 1.54) is 5.56 Å². The summed E-state index contributed by atoms with van der Waals surface area (Å²) in [5.74, 6) is 0.589. The molecule has 1 nitrogen and oxygen atoms in total. The van der Waals surface area contributed by atoms with Gasteiger partial charge in [0.15, 0.2) is 0 Å². The molecular weight excluding hydrogens is 184 g/mol. The van der Waals surface area contributed by atoms with Crippen LogP contribution >= 0.6 is 0 Å². The number of carbonyl (C=O) groups is 1. The molecule has 1 atom stereocenters. The Morgan fingerprint density at radius 2 is 1.60 bits per heavy atom. The summed E-state index contributed by atoms with van der Waals surface area (Å²) in [6, 6.07) is 7.79. The van der Waals surface area contributed by atoms with Gasteiger partial charge >= 0.3 is 0 Å². The van der Waals surface area contributed by atoms with E-state index in [4.69, 9.17) is 0 Å². The molecular formula is C14H26O. The van der Waals surface area contributed by atoms with Crippen LogP contribution in [0.2, 0.25) is 0 Å². The fourth-order valence-electron chi connectivity index (χ4n) is 1.14. The highest BCUT2D eigenvalue weighted by molar-refractivity contribution is 5.74. The Hall–Kier alpha value is -1.11. The summed E-state index contributed by atoms with van der Waals surface area (Å²) in [6.45, 7) is 4.36. The van der Waals surface area contributed by atoms with Crippen LogP contribution in [-0.4, -0.2) is 6.29 Å². The zero-order valence-electron chi connectivity index (χ0n) is 7.58. The summed E-state index contributed by atoms with van der Waals surface area (Å²) in [6.07, 6.45) is 2.01. The van der Waals surface area contributed by atoms with Crippen LogP contribution in [0.25, 0.3) is 0 Å². The summed E-state index contributed by atoms with van der Waals surface area (Å²) < 4.78 is 0. The molecule has 1 rings (SSSR count). The summed E-state index contributed by atoms with van der Waals surface area (Å²) in [5, 5.41) is 0. The van der Waals surface area contributed by atoms with Crippen LogP contribution in [0, 0.1) is 0 Å². The van der Waals surface area contributed by atoms with Crippen molar-refractivity contribution in [2.45, 2.75) is 48.5 Å². The molecule has 15 heavy (non-hydrogen) atoms. The summed E-state index contributed by atoms with van der Waals surface area (Å²) in [7, 11) is 0. The van der Waals surface area contributed by atoms with Gasteiger partial charge in [-0.05, 0) is 17.9 Å². The van der Waals surface area contributed by atoms with Crippen molar-refractivity contribution in [2.24, 2.45) is 0 Å². The second-order valence-electron chi connectivity index (χ2n) is 3.09. The van der Waals surface area contributed by atoms with E-state index < -0.39 is 0 Å². The molecule has 0 heterocycles. The first-order valence-corrected chi connectivity index (χ1v) is 4.33. The first-order valence-electron chi connectivity index (χ1n) is 4.33. The van der Waals surface area contributed by atoms with E-state index in [0.29, 0.717) is 5.92 Å². The Labute approximate surface area is 95.5 Å². The fourth-order valence-corrected chi connectivity index (χ4v) is 1.14. The summed E-state index contributed by atoms with van der Waals surface area (Å²) in [5.41, 5.74) is 2.06. The monoisotopic (exact) mass is 210 g/mol. The Morgan fingerprint density at radius 3 is 1.93 bits per heavy atom. The molecule has 0 spiro atoms. The van der Waals surface area contributed by atoms with Crippen LogP contribution in [0.15, 0.2) is 24.3 Å². The molecule has 0 fully saturated rings. The van der Waals surface area contributed by atoms with E-state index in [1.54, 1.807) is 0 Å². The molecule has 1 heteroatoms. The third-order valence-electron chi connectivity index (χ3n) is 2.25. The average Bonchev–Trinajstić information content (AvgIpc) is 2.17. The van der Waals surface area contributed by atoms with Gasteiger partial charge in [-0.2, -0.15) is 0 Å². The Balaban J connectivity index is -0.000000480. The van der Waals surface area contributed by atoms with Gasteiger partial charge in [-0.1, -0.05) is 60.4 Å². The van der Waals surface area contributed by atoms with E-state index in [2.05, 4.69) is 13.8 Å². The van der Waals surface area contributed by atoms with Crippen molar-refractivity contribution in [2.75, 3.05) is 0 Å². The number of hydrogen-bond acceptors (Lipinski definition) is 1. The number of benzene rings is 1. The Kier molecular flexibility index (Phi) is 12.3. The predicted molar refractivity (Wildman–Crippen MR) is 70.7 cm³/mol. The fraction of sp³-hybridized carbons (Fsp3) is 0.500. The maximum Gasteiger partial charge on any atom is 0.150 e. The predicted octanol–water partition coefficient (Wildman–Crippen LogP) is 4.92. The van der Waals surface area contributed by atoms with Crippen molar-refractivity contribution in [3.8, 4) is 0 Å². The van der Waals surface area contributed by atoms with E-state index in [-0.39, 0.29) is 22.3 Å². The van der Waals surface area contributed by atoms with Gasteiger partial charge in [-0.3, -0.25) is 4.79 Å². The van der Waals surface area contributed by atoms with Gasteiger partial charge < -0.3 is 0 Å². The molecule has 1 aromatic carbocycles. The lowest BCUT2D eigenvalue weighted by Gasteiger charge is -2.07. The minimum atomic E-state index is 0. The molecule has 0 aliphatic heterocycles. The van der Waals surface area contributed by atoms with Gasteiger partial charge in [0.2, 0.25) is 0 Å². The molecule has 0 aromatic heterocycles.